The Bertz CT molecular complexity index is 740. The van der Waals surface area contributed by atoms with Gasteiger partial charge in [0.25, 0.3) is 0 Å². The summed E-state index contributed by atoms with van der Waals surface area (Å²) in [7, 11) is 3.53. The summed E-state index contributed by atoms with van der Waals surface area (Å²) in [4.78, 5) is 18.2. The number of amidine groups is 1. The second-order valence-corrected chi connectivity index (χ2v) is 12.0. The first-order valence-corrected chi connectivity index (χ1v) is 14.4. The van der Waals surface area contributed by atoms with Crippen LogP contribution in [0.2, 0.25) is 0 Å². The zero-order chi connectivity index (χ0) is 25.7. The van der Waals surface area contributed by atoms with Crippen LogP contribution >= 0.6 is 0 Å². The predicted molar refractivity (Wildman–Crippen MR) is 141 cm³/mol. The fourth-order valence-electron chi connectivity index (χ4n) is 7.40. The van der Waals surface area contributed by atoms with Gasteiger partial charge >= 0.3 is 0 Å². The number of nitrogens with zero attached hydrogens (tertiary/aromatic N) is 1. The summed E-state index contributed by atoms with van der Waals surface area (Å²) in [6, 6.07) is 0.229. The first-order chi connectivity index (χ1) is 17.4. The van der Waals surface area contributed by atoms with Crippen LogP contribution in [0.1, 0.15) is 78.1 Å². The van der Waals surface area contributed by atoms with E-state index in [1.807, 2.05) is 0 Å². The molecule has 36 heavy (non-hydrogen) atoms. The van der Waals surface area contributed by atoms with Crippen molar-refractivity contribution in [1.82, 2.24) is 16.0 Å². The largest absolute Gasteiger partial charge is 0.381 e. The van der Waals surface area contributed by atoms with E-state index in [9.17, 15) is 9.18 Å². The fourth-order valence-corrected chi connectivity index (χ4v) is 7.40. The fraction of sp³-hybridized carbons (Fsp3) is 0.929. The van der Waals surface area contributed by atoms with Crippen LogP contribution in [0, 0.1) is 29.6 Å². The molecule has 206 valence electrons. The van der Waals surface area contributed by atoms with E-state index in [1.165, 1.54) is 0 Å². The number of piperidine rings is 1. The summed E-state index contributed by atoms with van der Waals surface area (Å²) < 4.78 is 25.3. The smallest absolute Gasteiger partial charge is 0.223 e. The van der Waals surface area contributed by atoms with Crippen LogP contribution in [0.3, 0.4) is 0 Å². The van der Waals surface area contributed by atoms with Crippen LogP contribution in [-0.2, 0) is 14.3 Å². The number of hydrogen-bond acceptors (Lipinski definition) is 6. The van der Waals surface area contributed by atoms with Gasteiger partial charge in [0.15, 0.2) is 6.30 Å². The van der Waals surface area contributed by atoms with Crippen molar-refractivity contribution >= 4 is 11.7 Å². The molecule has 1 amide bonds. The van der Waals surface area contributed by atoms with Crippen molar-refractivity contribution < 1.29 is 18.7 Å². The highest BCUT2D eigenvalue weighted by atomic mass is 19.1. The van der Waals surface area contributed by atoms with Crippen LogP contribution in [0.5, 0.6) is 0 Å². The molecular formula is C28H49FN4O3. The molecule has 4 rings (SSSR count). The molecule has 3 N–H and O–H groups in total. The van der Waals surface area contributed by atoms with E-state index in [2.05, 4.69) is 34.8 Å². The van der Waals surface area contributed by atoms with Crippen molar-refractivity contribution in [2.24, 2.45) is 34.6 Å². The van der Waals surface area contributed by atoms with E-state index in [0.717, 1.165) is 76.7 Å². The van der Waals surface area contributed by atoms with Crippen molar-refractivity contribution in [3.63, 3.8) is 0 Å². The average Bonchev–Trinajstić information content (AvgIpc) is 3.40. The van der Waals surface area contributed by atoms with Gasteiger partial charge in [0, 0.05) is 51.7 Å². The van der Waals surface area contributed by atoms with Gasteiger partial charge in [-0.25, -0.2) is 4.39 Å². The number of nitrogens with one attached hydrogen (secondary N) is 3. The molecule has 3 fully saturated rings. The number of aliphatic imine (C=N–C) groups is 1. The Morgan fingerprint density at radius 1 is 1.11 bits per heavy atom. The van der Waals surface area contributed by atoms with Gasteiger partial charge < -0.3 is 20.1 Å². The predicted octanol–water partition coefficient (Wildman–Crippen LogP) is 3.82. The molecule has 9 unspecified atom stereocenters. The maximum Gasteiger partial charge on any atom is 0.223 e. The third kappa shape index (κ3) is 7.19. The number of amides is 1. The summed E-state index contributed by atoms with van der Waals surface area (Å²) in [6.07, 6.45) is 8.82. The maximum atomic E-state index is 14.0. The van der Waals surface area contributed by atoms with Crippen LogP contribution in [0.15, 0.2) is 4.99 Å². The Labute approximate surface area is 217 Å². The van der Waals surface area contributed by atoms with Gasteiger partial charge in [-0.3, -0.25) is 15.1 Å². The monoisotopic (exact) mass is 508 g/mol. The van der Waals surface area contributed by atoms with Gasteiger partial charge in [-0.05, 0) is 95.3 Å². The third-order valence-corrected chi connectivity index (χ3v) is 9.53. The highest BCUT2D eigenvalue weighted by Gasteiger charge is 2.41. The minimum absolute atomic E-state index is 0.00106. The zero-order valence-corrected chi connectivity index (χ0v) is 22.8. The number of ether oxygens (including phenoxy) is 2. The molecule has 0 aromatic carbocycles. The Balaban J connectivity index is 1.39. The number of alkyl halides is 1. The number of carbonyl (C=O) groups excluding carboxylic acids is 1. The molecule has 2 heterocycles. The lowest BCUT2D eigenvalue weighted by Crippen LogP contribution is -2.50. The van der Waals surface area contributed by atoms with E-state index in [4.69, 9.17) is 9.47 Å². The molecule has 0 aromatic heterocycles. The molecule has 0 spiro atoms. The summed E-state index contributed by atoms with van der Waals surface area (Å²) in [6.45, 7) is 6.05. The average molecular weight is 509 g/mol. The van der Waals surface area contributed by atoms with E-state index in [1.54, 1.807) is 14.2 Å². The van der Waals surface area contributed by atoms with Crippen molar-refractivity contribution in [2.45, 2.75) is 109 Å². The summed E-state index contributed by atoms with van der Waals surface area (Å²) in [5, 5.41) is 10.1. The van der Waals surface area contributed by atoms with Gasteiger partial charge in [-0.15, -0.1) is 0 Å². The number of methoxy groups -OCH3 is 2. The molecule has 8 heteroatoms. The molecule has 2 aliphatic heterocycles. The molecule has 4 aliphatic rings. The Kier molecular flexibility index (Phi) is 10.0. The topological polar surface area (TPSA) is 84.0 Å². The summed E-state index contributed by atoms with van der Waals surface area (Å²) in [5.74, 6) is 2.93. The molecule has 0 bridgehead atoms. The minimum atomic E-state index is -0.903. The normalized spacial score (nSPS) is 40.4. The van der Waals surface area contributed by atoms with Crippen molar-refractivity contribution in [3.05, 3.63) is 0 Å². The molecule has 7 nitrogen and oxygen atoms in total. The van der Waals surface area contributed by atoms with Gasteiger partial charge in [0.05, 0.1) is 18.0 Å². The molecule has 2 aliphatic carbocycles. The minimum Gasteiger partial charge on any atom is -0.381 e. The van der Waals surface area contributed by atoms with Gasteiger partial charge in [-0.2, -0.15) is 0 Å². The lowest BCUT2D eigenvalue weighted by Gasteiger charge is -2.43. The van der Waals surface area contributed by atoms with E-state index < -0.39 is 6.30 Å². The number of rotatable bonds is 8. The summed E-state index contributed by atoms with van der Waals surface area (Å²) >= 11 is 0. The molecule has 9 atom stereocenters. The lowest BCUT2D eigenvalue weighted by atomic mass is 9.66. The standard InChI is InChI=1S/C28H49FN4O3/c1-17(20-13-23(35-3)15-24(14-20)36-4)33-28(34)22-11-19(16-31-27-6-5-9-30-27)10-21(12-22)25-7-8-26(29)32-18(25)2/h17-26,32H,5-16H2,1-4H3,(H,30,31)(H,33,34). The first kappa shape index (κ1) is 27.8. The van der Waals surface area contributed by atoms with E-state index in [0.29, 0.717) is 30.1 Å². The first-order valence-electron chi connectivity index (χ1n) is 14.4. The van der Waals surface area contributed by atoms with Gasteiger partial charge in [0.2, 0.25) is 5.91 Å². The lowest BCUT2D eigenvalue weighted by molar-refractivity contribution is -0.129. The number of carbonyl (C=O) groups is 1. The maximum absolute atomic E-state index is 14.0. The second-order valence-electron chi connectivity index (χ2n) is 12.0. The van der Waals surface area contributed by atoms with Crippen LogP contribution in [0.4, 0.5) is 4.39 Å². The summed E-state index contributed by atoms with van der Waals surface area (Å²) in [5.41, 5.74) is 0. The molecule has 0 aromatic rings. The van der Waals surface area contributed by atoms with Crippen LogP contribution in [0.25, 0.3) is 0 Å². The quantitative estimate of drug-likeness (QED) is 0.434. The second kappa shape index (κ2) is 13.0. The Morgan fingerprint density at radius 3 is 2.50 bits per heavy atom. The molecule has 2 saturated carbocycles. The van der Waals surface area contributed by atoms with Crippen molar-refractivity contribution in [2.75, 3.05) is 27.3 Å². The van der Waals surface area contributed by atoms with Crippen LogP contribution in [-0.4, -0.2) is 69.6 Å². The molecule has 1 saturated heterocycles. The van der Waals surface area contributed by atoms with E-state index in [-0.39, 0.29) is 36.1 Å². The Morgan fingerprint density at radius 2 is 1.86 bits per heavy atom. The molecule has 0 radical (unpaired) electrons. The van der Waals surface area contributed by atoms with E-state index >= 15 is 0 Å². The highest BCUT2D eigenvalue weighted by Crippen LogP contribution is 2.42. The van der Waals surface area contributed by atoms with Gasteiger partial charge in [-0.1, -0.05) is 0 Å². The zero-order valence-electron chi connectivity index (χ0n) is 22.8. The number of halogens is 1. The van der Waals surface area contributed by atoms with Gasteiger partial charge in [0.1, 0.15) is 0 Å². The third-order valence-electron chi connectivity index (χ3n) is 9.53. The van der Waals surface area contributed by atoms with Crippen molar-refractivity contribution in [3.8, 4) is 0 Å². The van der Waals surface area contributed by atoms with Crippen molar-refractivity contribution in [1.29, 1.82) is 0 Å². The molecular weight excluding hydrogens is 459 g/mol. The SMILES string of the molecule is COC1CC(OC)CC(C(C)NC(=O)C2CC(CNC3=NCCC3)CC(C3CCC(F)NC3C)C2)C1. The Hall–Kier alpha value is -1.25. The highest BCUT2D eigenvalue weighted by molar-refractivity contribution is 5.83. The number of hydrogen-bond donors (Lipinski definition) is 3. The van der Waals surface area contributed by atoms with Crippen LogP contribution < -0.4 is 16.0 Å².